The Balaban J connectivity index is 2.11. The van der Waals surface area contributed by atoms with Crippen molar-refractivity contribution >= 4 is 39.4 Å². The molecule has 20 heavy (non-hydrogen) atoms. The van der Waals surface area contributed by atoms with Gasteiger partial charge in [-0.15, -0.1) is 0 Å². The summed E-state index contributed by atoms with van der Waals surface area (Å²) < 4.78 is 23.8. The van der Waals surface area contributed by atoms with Crippen molar-refractivity contribution in [3.8, 4) is 0 Å². The summed E-state index contributed by atoms with van der Waals surface area (Å²) in [6.07, 6.45) is 1.37. The number of sulfonamides is 1. The van der Waals surface area contributed by atoms with E-state index < -0.39 is 10.0 Å². The third kappa shape index (κ3) is 3.96. The summed E-state index contributed by atoms with van der Waals surface area (Å²) in [5.74, 6) is 0. The van der Waals surface area contributed by atoms with Crippen LogP contribution in [0, 0.1) is 0 Å². The number of hydrazone groups is 1. The zero-order chi connectivity index (χ0) is 14.6. The molecule has 2 rings (SSSR count). The molecule has 1 N–H and O–H groups in total. The largest absolute Gasteiger partial charge is 0.276 e. The predicted molar refractivity (Wildman–Crippen MR) is 80.8 cm³/mol. The first-order valence-corrected chi connectivity index (χ1v) is 7.77. The van der Waals surface area contributed by atoms with E-state index in [2.05, 4.69) is 9.93 Å². The van der Waals surface area contributed by atoms with Crippen LogP contribution in [0.3, 0.4) is 0 Å². The molecule has 0 aliphatic rings. The Hall–Kier alpha value is -1.56. The molecular formula is C13H10Cl2N2O2S. The fourth-order valence-corrected chi connectivity index (χ4v) is 2.54. The Morgan fingerprint density at radius 3 is 2.35 bits per heavy atom. The van der Waals surface area contributed by atoms with Crippen molar-refractivity contribution in [1.29, 1.82) is 0 Å². The van der Waals surface area contributed by atoms with Crippen LogP contribution in [0.2, 0.25) is 10.0 Å². The van der Waals surface area contributed by atoms with E-state index >= 15 is 0 Å². The third-order valence-electron chi connectivity index (χ3n) is 2.36. The van der Waals surface area contributed by atoms with E-state index in [9.17, 15) is 8.42 Å². The molecule has 0 aliphatic carbocycles. The maximum atomic E-state index is 11.9. The SMILES string of the molecule is O=S(=O)(N/N=C/c1cccc(Cl)c1)c1ccc(Cl)cc1. The molecule has 0 heterocycles. The highest BCUT2D eigenvalue weighted by atomic mass is 35.5. The Kier molecular flexibility index (Phi) is 4.65. The average Bonchev–Trinajstić information content (AvgIpc) is 2.39. The molecule has 0 saturated carbocycles. The topological polar surface area (TPSA) is 58.5 Å². The quantitative estimate of drug-likeness (QED) is 0.691. The summed E-state index contributed by atoms with van der Waals surface area (Å²) in [6.45, 7) is 0. The molecule has 0 unspecified atom stereocenters. The van der Waals surface area contributed by atoms with Gasteiger partial charge in [-0.25, -0.2) is 4.83 Å². The Morgan fingerprint density at radius 2 is 1.70 bits per heavy atom. The maximum Gasteiger partial charge on any atom is 0.276 e. The number of nitrogens with one attached hydrogen (secondary N) is 1. The summed E-state index contributed by atoms with van der Waals surface area (Å²) in [5.41, 5.74) is 0.691. The summed E-state index contributed by atoms with van der Waals surface area (Å²) in [7, 11) is -3.70. The van der Waals surface area contributed by atoms with E-state index in [0.29, 0.717) is 15.6 Å². The van der Waals surface area contributed by atoms with Crippen molar-refractivity contribution in [2.24, 2.45) is 5.10 Å². The molecule has 0 fully saturated rings. The van der Waals surface area contributed by atoms with Gasteiger partial charge in [0.25, 0.3) is 10.0 Å². The van der Waals surface area contributed by atoms with Gasteiger partial charge >= 0.3 is 0 Å². The summed E-state index contributed by atoms with van der Waals surface area (Å²) in [4.78, 5) is 2.21. The molecule has 7 heteroatoms. The van der Waals surface area contributed by atoms with E-state index in [-0.39, 0.29) is 4.90 Å². The van der Waals surface area contributed by atoms with Crippen molar-refractivity contribution in [2.45, 2.75) is 4.90 Å². The standard InChI is InChI=1S/C13H10Cl2N2O2S/c14-11-4-6-13(7-5-11)20(18,19)17-16-9-10-2-1-3-12(15)8-10/h1-9,17H/b16-9+. The van der Waals surface area contributed by atoms with Gasteiger partial charge in [0.15, 0.2) is 0 Å². The van der Waals surface area contributed by atoms with Crippen LogP contribution in [-0.2, 0) is 10.0 Å². The van der Waals surface area contributed by atoms with Crippen LogP contribution in [0.15, 0.2) is 58.5 Å². The molecule has 0 amide bonds. The molecular weight excluding hydrogens is 319 g/mol. The maximum absolute atomic E-state index is 11.9. The molecule has 0 radical (unpaired) electrons. The molecule has 0 aliphatic heterocycles. The van der Waals surface area contributed by atoms with E-state index in [4.69, 9.17) is 23.2 Å². The van der Waals surface area contributed by atoms with Crippen LogP contribution < -0.4 is 4.83 Å². The lowest BCUT2D eigenvalue weighted by atomic mass is 10.2. The van der Waals surface area contributed by atoms with Gasteiger partial charge in [-0.2, -0.15) is 13.5 Å². The van der Waals surface area contributed by atoms with Gasteiger partial charge in [0, 0.05) is 10.0 Å². The van der Waals surface area contributed by atoms with Crippen LogP contribution >= 0.6 is 23.2 Å². The van der Waals surface area contributed by atoms with Crippen LogP contribution in [-0.4, -0.2) is 14.6 Å². The number of nitrogens with zero attached hydrogens (tertiary/aromatic N) is 1. The molecule has 2 aromatic carbocycles. The van der Waals surface area contributed by atoms with E-state index in [0.717, 1.165) is 0 Å². The molecule has 104 valence electrons. The molecule has 4 nitrogen and oxygen atoms in total. The number of rotatable bonds is 4. The number of benzene rings is 2. The second kappa shape index (κ2) is 6.26. The van der Waals surface area contributed by atoms with Crippen LogP contribution in [0.25, 0.3) is 0 Å². The molecule has 2 aromatic rings. The highest BCUT2D eigenvalue weighted by Crippen LogP contribution is 2.14. The summed E-state index contributed by atoms with van der Waals surface area (Å²) in [6, 6.07) is 12.7. The van der Waals surface area contributed by atoms with Crippen molar-refractivity contribution in [2.75, 3.05) is 0 Å². The average molecular weight is 329 g/mol. The fraction of sp³-hybridized carbons (Fsp3) is 0. The summed E-state index contributed by atoms with van der Waals surface area (Å²) in [5, 5.41) is 4.71. The van der Waals surface area contributed by atoms with Gasteiger partial charge in [-0.1, -0.05) is 35.3 Å². The second-order valence-electron chi connectivity index (χ2n) is 3.86. The zero-order valence-corrected chi connectivity index (χ0v) is 12.5. The van der Waals surface area contributed by atoms with Gasteiger partial charge in [-0.05, 0) is 42.0 Å². The fourth-order valence-electron chi connectivity index (χ4n) is 1.42. The highest BCUT2D eigenvalue weighted by Gasteiger charge is 2.11. The molecule has 0 saturated heterocycles. The number of hydrogen-bond acceptors (Lipinski definition) is 3. The van der Waals surface area contributed by atoms with Gasteiger partial charge in [0.1, 0.15) is 0 Å². The van der Waals surface area contributed by atoms with Gasteiger partial charge < -0.3 is 0 Å². The Morgan fingerprint density at radius 1 is 1.00 bits per heavy atom. The summed E-state index contributed by atoms with van der Waals surface area (Å²) >= 11 is 11.5. The first-order chi connectivity index (χ1) is 9.47. The van der Waals surface area contributed by atoms with E-state index in [1.807, 2.05) is 0 Å². The predicted octanol–water partition coefficient (Wildman–Crippen LogP) is 3.31. The van der Waals surface area contributed by atoms with Gasteiger partial charge in [0.05, 0.1) is 11.1 Å². The minimum atomic E-state index is -3.70. The minimum absolute atomic E-state index is 0.0881. The lowest BCUT2D eigenvalue weighted by Crippen LogP contribution is -2.18. The van der Waals surface area contributed by atoms with E-state index in [1.54, 1.807) is 24.3 Å². The monoisotopic (exact) mass is 328 g/mol. The molecule has 0 spiro atoms. The first kappa shape index (κ1) is 14.8. The Bertz CT molecular complexity index is 728. The zero-order valence-electron chi connectivity index (χ0n) is 10.1. The number of hydrogen-bond donors (Lipinski definition) is 1. The lowest BCUT2D eigenvalue weighted by Gasteiger charge is -2.03. The smallest absolute Gasteiger partial charge is 0.200 e. The first-order valence-electron chi connectivity index (χ1n) is 5.53. The normalized spacial score (nSPS) is 11.7. The minimum Gasteiger partial charge on any atom is -0.200 e. The second-order valence-corrected chi connectivity index (χ2v) is 6.40. The van der Waals surface area contributed by atoms with Crippen LogP contribution in [0.1, 0.15) is 5.56 Å². The molecule has 0 atom stereocenters. The highest BCUT2D eigenvalue weighted by molar-refractivity contribution is 7.89. The van der Waals surface area contributed by atoms with Crippen LogP contribution in [0.4, 0.5) is 0 Å². The van der Waals surface area contributed by atoms with Crippen molar-refractivity contribution in [1.82, 2.24) is 4.83 Å². The van der Waals surface area contributed by atoms with Crippen LogP contribution in [0.5, 0.6) is 0 Å². The van der Waals surface area contributed by atoms with Crippen molar-refractivity contribution < 1.29 is 8.42 Å². The van der Waals surface area contributed by atoms with Gasteiger partial charge in [-0.3, -0.25) is 0 Å². The third-order valence-corrected chi connectivity index (χ3v) is 4.08. The molecule has 0 bridgehead atoms. The van der Waals surface area contributed by atoms with Crippen molar-refractivity contribution in [3.63, 3.8) is 0 Å². The van der Waals surface area contributed by atoms with E-state index in [1.165, 1.54) is 30.5 Å². The molecule has 0 aromatic heterocycles. The Labute approximate surface area is 127 Å². The number of halogens is 2. The van der Waals surface area contributed by atoms with Gasteiger partial charge in [0.2, 0.25) is 0 Å². The lowest BCUT2D eigenvalue weighted by molar-refractivity contribution is 0.584. The van der Waals surface area contributed by atoms with Crippen molar-refractivity contribution in [3.05, 3.63) is 64.1 Å².